The molecule has 1 amide bonds. The van der Waals surface area contributed by atoms with E-state index in [0.29, 0.717) is 18.0 Å². The fourth-order valence-corrected chi connectivity index (χ4v) is 3.67. The number of aromatic nitrogens is 3. The number of halogens is 1. The third-order valence-corrected chi connectivity index (χ3v) is 5.40. The zero-order chi connectivity index (χ0) is 21.3. The Morgan fingerprint density at radius 2 is 2.13 bits per heavy atom. The summed E-state index contributed by atoms with van der Waals surface area (Å²) < 4.78 is 22.4. The van der Waals surface area contributed by atoms with Crippen LogP contribution in [0, 0.1) is 5.82 Å². The Morgan fingerprint density at radius 1 is 1.30 bits per heavy atom. The Bertz CT molecular complexity index is 1210. The maximum Gasteiger partial charge on any atom is 0.294 e. The van der Waals surface area contributed by atoms with E-state index in [0.717, 1.165) is 19.3 Å². The second kappa shape index (κ2) is 8.14. The highest BCUT2D eigenvalue weighted by Crippen LogP contribution is 2.25. The Morgan fingerprint density at radius 3 is 2.83 bits per heavy atom. The minimum absolute atomic E-state index is 0.109. The van der Waals surface area contributed by atoms with Gasteiger partial charge in [0.2, 0.25) is 5.65 Å². The Kier molecular flexibility index (Phi) is 5.39. The number of benzene rings is 1. The number of methoxy groups -OCH3 is 1. The van der Waals surface area contributed by atoms with Gasteiger partial charge in [0, 0.05) is 37.6 Å². The number of hydrogen-bond donors (Lipinski definition) is 1. The second-order valence-corrected chi connectivity index (χ2v) is 7.37. The number of amides is 1. The van der Waals surface area contributed by atoms with Crippen LogP contribution in [0.25, 0.3) is 16.9 Å². The molecule has 0 spiro atoms. The van der Waals surface area contributed by atoms with Crippen molar-refractivity contribution in [3.05, 3.63) is 64.1 Å². The fourth-order valence-electron chi connectivity index (χ4n) is 3.67. The third kappa shape index (κ3) is 3.72. The monoisotopic (exact) mass is 410 g/mol. The summed E-state index contributed by atoms with van der Waals surface area (Å²) in [6.45, 7) is 0.479. The lowest BCUT2D eigenvalue weighted by atomic mass is 10.00. The van der Waals surface area contributed by atoms with Gasteiger partial charge in [0.05, 0.1) is 12.8 Å². The predicted octanol–water partition coefficient (Wildman–Crippen LogP) is 3.08. The van der Waals surface area contributed by atoms with Gasteiger partial charge in [-0.15, -0.1) is 0 Å². The van der Waals surface area contributed by atoms with Crippen LogP contribution in [0.1, 0.15) is 36.2 Å². The molecule has 1 aromatic carbocycles. The number of nitrogens with zero attached hydrogens (tertiary/aromatic N) is 3. The lowest BCUT2D eigenvalue weighted by Gasteiger charge is -2.12. The topological polar surface area (TPSA) is 77.6 Å². The van der Waals surface area contributed by atoms with Gasteiger partial charge >= 0.3 is 0 Å². The molecule has 0 aliphatic heterocycles. The summed E-state index contributed by atoms with van der Waals surface area (Å²) in [5.74, 6) is -0.469. The molecule has 0 saturated carbocycles. The number of carbonyl (C=O) groups is 1. The summed E-state index contributed by atoms with van der Waals surface area (Å²) in [5.41, 5.74) is 1.67. The zero-order valence-corrected chi connectivity index (χ0v) is 16.9. The first-order chi connectivity index (χ1) is 14.5. The molecule has 1 aliphatic carbocycles. The second-order valence-electron chi connectivity index (χ2n) is 7.37. The first-order valence-electron chi connectivity index (χ1n) is 9.86. The molecule has 0 fully saturated rings. The lowest BCUT2D eigenvalue weighted by Crippen LogP contribution is -2.26. The molecule has 1 aliphatic rings. The average molecular weight is 410 g/mol. The van der Waals surface area contributed by atoms with Crippen LogP contribution in [-0.2, 0) is 7.05 Å². The summed E-state index contributed by atoms with van der Waals surface area (Å²) in [7, 11) is 3.00. The van der Waals surface area contributed by atoms with Gasteiger partial charge in [0.25, 0.3) is 11.5 Å². The molecule has 4 rings (SSSR count). The fraction of sp³-hybridized carbons (Fsp3) is 0.318. The van der Waals surface area contributed by atoms with Gasteiger partial charge in [-0.05, 0) is 37.8 Å². The van der Waals surface area contributed by atoms with Crippen molar-refractivity contribution in [1.82, 2.24) is 19.3 Å². The van der Waals surface area contributed by atoms with Crippen molar-refractivity contribution in [2.45, 2.75) is 25.7 Å². The van der Waals surface area contributed by atoms with Gasteiger partial charge in [-0.2, -0.15) is 0 Å². The van der Waals surface area contributed by atoms with E-state index < -0.39 is 11.4 Å². The summed E-state index contributed by atoms with van der Waals surface area (Å²) in [4.78, 5) is 29.5. The van der Waals surface area contributed by atoms with E-state index >= 15 is 0 Å². The number of carbonyl (C=O) groups excluding carboxylic acids is 1. The van der Waals surface area contributed by atoms with Gasteiger partial charge in [0.15, 0.2) is 0 Å². The molecule has 30 heavy (non-hydrogen) atoms. The maximum atomic E-state index is 14.6. The first kappa shape index (κ1) is 19.9. The van der Waals surface area contributed by atoms with Crippen molar-refractivity contribution in [3.63, 3.8) is 0 Å². The number of ether oxygens (including phenoxy) is 1. The van der Waals surface area contributed by atoms with Crippen LogP contribution < -0.4 is 15.6 Å². The lowest BCUT2D eigenvalue weighted by molar-refractivity contribution is 0.0952. The molecule has 0 atom stereocenters. The van der Waals surface area contributed by atoms with Crippen molar-refractivity contribution in [1.29, 1.82) is 0 Å². The van der Waals surface area contributed by atoms with E-state index in [1.165, 1.54) is 40.3 Å². The Balaban J connectivity index is 1.66. The molecule has 7 nitrogen and oxygen atoms in total. The van der Waals surface area contributed by atoms with Crippen LogP contribution in [0.5, 0.6) is 5.75 Å². The van der Waals surface area contributed by atoms with Crippen molar-refractivity contribution in [2.75, 3.05) is 13.7 Å². The highest BCUT2D eigenvalue weighted by atomic mass is 19.1. The van der Waals surface area contributed by atoms with Gasteiger partial charge in [0.1, 0.15) is 17.3 Å². The van der Waals surface area contributed by atoms with Crippen LogP contribution in [0.2, 0.25) is 0 Å². The van der Waals surface area contributed by atoms with Crippen LogP contribution in [0.3, 0.4) is 0 Å². The molecule has 156 valence electrons. The minimum Gasteiger partial charge on any atom is -0.497 e. The Hall–Kier alpha value is -3.42. The molecule has 0 radical (unpaired) electrons. The average Bonchev–Trinajstić information content (AvgIpc) is 3.20. The quantitative estimate of drug-likeness (QED) is 0.656. The number of allylic oxidation sites excluding steroid dienone is 1. The molecule has 0 bridgehead atoms. The van der Waals surface area contributed by atoms with Gasteiger partial charge < -0.3 is 14.6 Å². The molecule has 0 unspecified atom stereocenters. The summed E-state index contributed by atoms with van der Waals surface area (Å²) in [6, 6.07) is 4.44. The molecular formula is C22H23FN4O3. The minimum atomic E-state index is -0.512. The largest absolute Gasteiger partial charge is 0.497 e. The van der Waals surface area contributed by atoms with E-state index in [2.05, 4.69) is 16.4 Å². The van der Waals surface area contributed by atoms with Crippen molar-refractivity contribution >= 4 is 11.6 Å². The van der Waals surface area contributed by atoms with Crippen molar-refractivity contribution < 1.29 is 13.9 Å². The van der Waals surface area contributed by atoms with Gasteiger partial charge in [-0.25, -0.2) is 9.37 Å². The number of fused-ring (bicyclic) bond motifs is 1. The number of rotatable bonds is 5. The summed E-state index contributed by atoms with van der Waals surface area (Å²) in [6.07, 6.45) is 9.60. The van der Waals surface area contributed by atoms with E-state index in [4.69, 9.17) is 4.74 Å². The zero-order valence-electron chi connectivity index (χ0n) is 16.9. The normalized spacial score (nSPS) is 13.9. The maximum absolute atomic E-state index is 14.6. The molecule has 0 saturated heterocycles. The van der Waals surface area contributed by atoms with Crippen LogP contribution in [0.15, 0.2) is 47.0 Å². The predicted molar refractivity (Wildman–Crippen MR) is 111 cm³/mol. The smallest absolute Gasteiger partial charge is 0.294 e. The molecule has 8 heteroatoms. The highest BCUT2D eigenvalue weighted by Gasteiger charge is 2.18. The molecule has 2 aromatic heterocycles. The molecule has 3 aromatic rings. The van der Waals surface area contributed by atoms with Crippen LogP contribution in [-0.4, -0.2) is 33.5 Å². The molecule has 1 N–H and O–H groups in total. The Labute approximate surface area is 172 Å². The summed E-state index contributed by atoms with van der Waals surface area (Å²) >= 11 is 0. The molecule has 2 heterocycles. The van der Waals surface area contributed by atoms with E-state index in [1.54, 1.807) is 25.4 Å². The van der Waals surface area contributed by atoms with Crippen LogP contribution >= 0.6 is 0 Å². The van der Waals surface area contributed by atoms with E-state index in [-0.39, 0.29) is 22.8 Å². The third-order valence-electron chi connectivity index (χ3n) is 5.40. The van der Waals surface area contributed by atoms with Gasteiger partial charge in [-0.1, -0.05) is 11.6 Å². The molecular weight excluding hydrogens is 387 g/mol. The standard InChI is InChI=1S/C22H23FN4O3/c1-26-19(16-9-8-15(30-2)10-17(16)23)13-27-12-18(25-20(27)22(26)29)21(28)24-11-14-6-4-3-5-7-14/h6,8-10,12-13H,3-5,7,11H2,1-2H3,(H,24,28). The van der Waals surface area contributed by atoms with Crippen molar-refractivity contribution in [3.8, 4) is 17.0 Å². The van der Waals surface area contributed by atoms with E-state index in [9.17, 15) is 14.0 Å². The number of nitrogens with one attached hydrogen (secondary N) is 1. The SMILES string of the molecule is COc1ccc(-c2cn3cc(C(=O)NCC4=CCCCC4)nc3c(=O)n2C)c(F)c1. The van der Waals surface area contributed by atoms with E-state index in [1.807, 2.05) is 0 Å². The highest BCUT2D eigenvalue weighted by molar-refractivity contribution is 5.93. The number of hydrogen-bond acceptors (Lipinski definition) is 4. The number of imidazole rings is 1. The first-order valence-corrected chi connectivity index (χ1v) is 9.86. The summed E-state index contributed by atoms with van der Waals surface area (Å²) in [5, 5.41) is 2.87. The van der Waals surface area contributed by atoms with Crippen LogP contribution in [0.4, 0.5) is 4.39 Å². The van der Waals surface area contributed by atoms with Crippen molar-refractivity contribution in [2.24, 2.45) is 7.05 Å². The van der Waals surface area contributed by atoms with Gasteiger partial charge in [-0.3, -0.25) is 14.0 Å².